The highest BCUT2D eigenvalue weighted by Gasteiger charge is 2.17. The van der Waals surface area contributed by atoms with E-state index in [1.54, 1.807) is 6.08 Å². The van der Waals surface area contributed by atoms with E-state index in [1.165, 1.54) is 25.7 Å². The van der Waals surface area contributed by atoms with Crippen LogP contribution in [0.15, 0.2) is 12.7 Å². The van der Waals surface area contributed by atoms with Gasteiger partial charge in [-0.05, 0) is 12.8 Å². The van der Waals surface area contributed by atoms with Gasteiger partial charge in [-0.1, -0.05) is 71.3 Å². The van der Waals surface area contributed by atoms with Crippen molar-refractivity contribution in [2.75, 3.05) is 19.8 Å². The summed E-state index contributed by atoms with van der Waals surface area (Å²) >= 11 is 0. The highest BCUT2D eigenvalue weighted by atomic mass is 16.6. The molecule has 0 rings (SSSR count). The minimum Gasteiger partial charge on any atom is -0.462 e. The van der Waals surface area contributed by atoms with Crippen molar-refractivity contribution in [1.82, 2.24) is 0 Å². The molecule has 0 radical (unpaired) electrons. The number of carbonyl (C=O) groups is 2. The van der Waals surface area contributed by atoms with E-state index >= 15 is 0 Å². The number of carbonyl (C=O) groups excluding carboxylic acids is 2. The molecule has 5 heteroatoms. The van der Waals surface area contributed by atoms with Gasteiger partial charge in [0.2, 0.25) is 0 Å². The minimum absolute atomic E-state index is 0.0481. The molecule has 0 spiro atoms. The zero-order valence-corrected chi connectivity index (χ0v) is 17.5. The van der Waals surface area contributed by atoms with Gasteiger partial charge in [0.1, 0.15) is 6.61 Å². The molecule has 0 aliphatic rings. The van der Waals surface area contributed by atoms with Crippen LogP contribution >= 0.6 is 0 Å². The summed E-state index contributed by atoms with van der Waals surface area (Å²) in [5.74, 6) is -0.495. The standard InChI is InChI=1S/C22H40O5/c1-4-7-9-11-13-15-21(23)26-19-20(18-25-17-6-3)27-22(24)16-14-12-10-8-5-2/h6,20H,3-5,7-19H2,1-2H3. The van der Waals surface area contributed by atoms with E-state index < -0.39 is 6.10 Å². The summed E-state index contributed by atoms with van der Waals surface area (Å²) in [6, 6.07) is 0. The topological polar surface area (TPSA) is 61.8 Å². The Morgan fingerprint density at radius 1 is 0.815 bits per heavy atom. The third-order valence-electron chi connectivity index (χ3n) is 4.24. The second-order valence-corrected chi connectivity index (χ2v) is 6.95. The van der Waals surface area contributed by atoms with Crippen molar-refractivity contribution in [3.8, 4) is 0 Å². The Balaban J connectivity index is 4.08. The van der Waals surface area contributed by atoms with E-state index in [0.29, 0.717) is 19.4 Å². The van der Waals surface area contributed by atoms with E-state index in [4.69, 9.17) is 14.2 Å². The lowest BCUT2D eigenvalue weighted by Gasteiger charge is -2.18. The predicted octanol–water partition coefficient (Wildman–Crippen LogP) is 5.37. The first-order valence-corrected chi connectivity index (χ1v) is 10.7. The molecule has 0 aromatic carbocycles. The average Bonchev–Trinajstić information content (AvgIpc) is 2.65. The van der Waals surface area contributed by atoms with Crippen LogP contribution in [0, 0.1) is 0 Å². The number of rotatable bonds is 19. The SMILES string of the molecule is C=CCOCC(COC(=O)CCCCCCC)OC(=O)CCCCCCC. The minimum atomic E-state index is -0.558. The van der Waals surface area contributed by atoms with Crippen LogP contribution in [-0.2, 0) is 23.8 Å². The zero-order chi connectivity index (χ0) is 20.2. The zero-order valence-electron chi connectivity index (χ0n) is 17.5. The Kier molecular flexibility index (Phi) is 18.4. The number of esters is 2. The van der Waals surface area contributed by atoms with Gasteiger partial charge in [0.25, 0.3) is 0 Å². The number of hydrogen-bond acceptors (Lipinski definition) is 5. The monoisotopic (exact) mass is 384 g/mol. The smallest absolute Gasteiger partial charge is 0.306 e. The molecule has 0 aromatic heterocycles. The highest BCUT2D eigenvalue weighted by Crippen LogP contribution is 2.09. The third-order valence-corrected chi connectivity index (χ3v) is 4.24. The van der Waals surface area contributed by atoms with Crippen LogP contribution in [0.2, 0.25) is 0 Å². The van der Waals surface area contributed by atoms with E-state index in [0.717, 1.165) is 38.5 Å². The molecule has 0 heterocycles. The van der Waals surface area contributed by atoms with Gasteiger partial charge in [-0.2, -0.15) is 0 Å². The quantitative estimate of drug-likeness (QED) is 0.170. The molecule has 1 unspecified atom stereocenters. The van der Waals surface area contributed by atoms with Gasteiger partial charge in [-0.25, -0.2) is 0 Å². The Hall–Kier alpha value is -1.36. The van der Waals surface area contributed by atoms with Crippen LogP contribution in [-0.4, -0.2) is 37.9 Å². The van der Waals surface area contributed by atoms with Crippen molar-refractivity contribution in [2.45, 2.75) is 97.0 Å². The molecule has 27 heavy (non-hydrogen) atoms. The van der Waals surface area contributed by atoms with Crippen molar-refractivity contribution < 1.29 is 23.8 Å². The summed E-state index contributed by atoms with van der Waals surface area (Å²) in [5, 5.41) is 0. The Bertz CT molecular complexity index is 381. The number of hydrogen-bond donors (Lipinski definition) is 0. The molecule has 0 aliphatic heterocycles. The first-order valence-electron chi connectivity index (χ1n) is 10.7. The average molecular weight is 385 g/mol. The summed E-state index contributed by atoms with van der Waals surface area (Å²) in [6.07, 6.45) is 12.7. The maximum absolute atomic E-state index is 12.0. The summed E-state index contributed by atoms with van der Waals surface area (Å²) in [6.45, 7) is 8.54. The molecule has 5 nitrogen and oxygen atoms in total. The van der Waals surface area contributed by atoms with E-state index in [9.17, 15) is 9.59 Å². The van der Waals surface area contributed by atoms with E-state index in [-0.39, 0.29) is 25.2 Å². The number of unbranched alkanes of at least 4 members (excludes halogenated alkanes) is 8. The van der Waals surface area contributed by atoms with E-state index in [1.807, 2.05) is 0 Å². The highest BCUT2D eigenvalue weighted by molar-refractivity contribution is 5.70. The predicted molar refractivity (Wildman–Crippen MR) is 109 cm³/mol. The maximum Gasteiger partial charge on any atom is 0.306 e. The van der Waals surface area contributed by atoms with Crippen LogP contribution in [0.3, 0.4) is 0 Å². The van der Waals surface area contributed by atoms with Gasteiger partial charge in [-0.3, -0.25) is 9.59 Å². The molecule has 0 fully saturated rings. The lowest BCUT2D eigenvalue weighted by Crippen LogP contribution is -2.29. The second kappa shape index (κ2) is 19.4. The molecule has 0 aliphatic carbocycles. The van der Waals surface area contributed by atoms with Crippen molar-refractivity contribution in [3.63, 3.8) is 0 Å². The molecule has 0 bridgehead atoms. The lowest BCUT2D eigenvalue weighted by atomic mass is 10.1. The fourth-order valence-electron chi connectivity index (χ4n) is 2.65. The van der Waals surface area contributed by atoms with Gasteiger partial charge in [0.05, 0.1) is 13.2 Å². The van der Waals surface area contributed by atoms with Crippen molar-refractivity contribution in [2.24, 2.45) is 0 Å². The lowest BCUT2D eigenvalue weighted by molar-refractivity contribution is -0.162. The molecular formula is C22H40O5. The first kappa shape index (κ1) is 25.6. The van der Waals surface area contributed by atoms with Crippen LogP contribution in [0.1, 0.15) is 90.9 Å². The Labute approximate surface area is 165 Å². The summed E-state index contributed by atoms with van der Waals surface area (Å²) in [5.41, 5.74) is 0. The van der Waals surface area contributed by atoms with Crippen LogP contribution < -0.4 is 0 Å². The molecule has 1 atom stereocenters. The molecule has 0 N–H and O–H groups in total. The fourth-order valence-corrected chi connectivity index (χ4v) is 2.65. The Morgan fingerprint density at radius 3 is 1.93 bits per heavy atom. The van der Waals surface area contributed by atoms with Crippen LogP contribution in [0.5, 0.6) is 0 Å². The molecule has 0 saturated carbocycles. The normalized spacial score (nSPS) is 11.8. The summed E-state index contributed by atoms with van der Waals surface area (Å²) in [4.78, 5) is 23.8. The van der Waals surface area contributed by atoms with Gasteiger partial charge in [0.15, 0.2) is 6.10 Å². The van der Waals surface area contributed by atoms with Gasteiger partial charge in [-0.15, -0.1) is 6.58 Å². The fraction of sp³-hybridized carbons (Fsp3) is 0.818. The van der Waals surface area contributed by atoms with Crippen LogP contribution in [0.25, 0.3) is 0 Å². The second-order valence-electron chi connectivity index (χ2n) is 6.95. The number of ether oxygens (including phenoxy) is 3. The summed E-state index contributed by atoms with van der Waals surface area (Å²) in [7, 11) is 0. The maximum atomic E-state index is 12.0. The van der Waals surface area contributed by atoms with Crippen molar-refractivity contribution in [1.29, 1.82) is 0 Å². The van der Waals surface area contributed by atoms with Gasteiger partial charge in [0, 0.05) is 12.8 Å². The first-order chi connectivity index (χ1) is 13.1. The van der Waals surface area contributed by atoms with E-state index in [2.05, 4.69) is 20.4 Å². The third kappa shape index (κ3) is 17.8. The van der Waals surface area contributed by atoms with Gasteiger partial charge < -0.3 is 14.2 Å². The molecular weight excluding hydrogens is 344 g/mol. The molecule has 0 aromatic rings. The largest absolute Gasteiger partial charge is 0.462 e. The molecule has 0 amide bonds. The van der Waals surface area contributed by atoms with Crippen LogP contribution in [0.4, 0.5) is 0 Å². The molecule has 0 saturated heterocycles. The molecule has 158 valence electrons. The summed E-state index contributed by atoms with van der Waals surface area (Å²) < 4.78 is 16.1. The van der Waals surface area contributed by atoms with Gasteiger partial charge >= 0.3 is 11.9 Å². The Morgan fingerprint density at radius 2 is 1.37 bits per heavy atom. The van der Waals surface area contributed by atoms with Crippen molar-refractivity contribution in [3.05, 3.63) is 12.7 Å². The van der Waals surface area contributed by atoms with Crippen molar-refractivity contribution >= 4 is 11.9 Å².